The molecule has 0 aliphatic carbocycles. The van der Waals surface area contributed by atoms with Crippen molar-refractivity contribution in [3.63, 3.8) is 0 Å². The Labute approximate surface area is 216 Å². The van der Waals surface area contributed by atoms with E-state index in [1.54, 1.807) is 49.7 Å². The topological polar surface area (TPSA) is 80.3 Å². The van der Waals surface area contributed by atoms with E-state index in [0.29, 0.717) is 49.8 Å². The van der Waals surface area contributed by atoms with Gasteiger partial charge in [-0.3, -0.25) is 4.79 Å². The van der Waals surface area contributed by atoms with Crippen molar-refractivity contribution in [1.82, 2.24) is 9.80 Å². The minimum absolute atomic E-state index is 0.0562. The summed E-state index contributed by atoms with van der Waals surface area (Å²) in [6.07, 6.45) is 0.631. The predicted octanol–water partition coefficient (Wildman–Crippen LogP) is 4.52. The van der Waals surface area contributed by atoms with Crippen LogP contribution in [0, 0.1) is 0 Å². The number of benzene rings is 2. The highest BCUT2D eigenvalue weighted by Gasteiger charge is 2.22. The summed E-state index contributed by atoms with van der Waals surface area (Å²) in [5.74, 6) is 1.17. The SMILES string of the molecule is COCCN(CC(=O)N(CCc1ccc(OC)c(OC)c1)Cc1cccs1)C(=O)Nc1ccccc1. The van der Waals surface area contributed by atoms with Crippen molar-refractivity contribution in [2.24, 2.45) is 0 Å². The van der Waals surface area contributed by atoms with E-state index in [0.717, 1.165) is 10.4 Å². The van der Waals surface area contributed by atoms with E-state index in [1.807, 2.05) is 53.9 Å². The molecule has 0 saturated carbocycles. The highest BCUT2D eigenvalue weighted by Crippen LogP contribution is 2.28. The van der Waals surface area contributed by atoms with Gasteiger partial charge >= 0.3 is 6.03 Å². The number of hydrogen-bond acceptors (Lipinski definition) is 6. The van der Waals surface area contributed by atoms with Crippen molar-refractivity contribution in [3.05, 3.63) is 76.5 Å². The lowest BCUT2D eigenvalue weighted by Gasteiger charge is -2.27. The fourth-order valence-electron chi connectivity index (χ4n) is 3.62. The van der Waals surface area contributed by atoms with Crippen LogP contribution in [0.5, 0.6) is 11.5 Å². The molecular weight excluding hydrogens is 478 g/mol. The van der Waals surface area contributed by atoms with Crippen molar-refractivity contribution in [1.29, 1.82) is 0 Å². The zero-order valence-electron chi connectivity index (χ0n) is 20.9. The largest absolute Gasteiger partial charge is 0.493 e. The number of nitrogens with one attached hydrogen (secondary N) is 1. The molecule has 0 bridgehead atoms. The predicted molar refractivity (Wildman–Crippen MR) is 142 cm³/mol. The van der Waals surface area contributed by atoms with Gasteiger partial charge in [0, 0.05) is 30.8 Å². The smallest absolute Gasteiger partial charge is 0.322 e. The number of thiophene rings is 1. The number of hydrogen-bond donors (Lipinski definition) is 1. The second-order valence-electron chi connectivity index (χ2n) is 8.04. The van der Waals surface area contributed by atoms with Gasteiger partial charge in [0.05, 0.1) is 27.4 Å². The van der Waals surface area contributed by atoms with Gasteiger partial charge in [0.1, 0.15) is 6.54 Å². The van der Waals surface area contributed by atoms with E-state index in [9.17, 15) is 9.59 Å². The van der Waals surface area contributed by atoms with Gasteiger partial charge in [-0.2, -0.15) is 0 Å². The second kappa shape index (κ2) is 14.1. The number of urea groups is 1. The number of anilines is 1. The van der Waals surface area contributed by atoms with Gasteiger partial charge in [0.15, 0.2) is 11.5 Å². The number of para-hydroxylation sites is 1. The zero-order chi connectivity index (χ0) is 25.8. The van der Waals surface area contributed by atoms with Crippen LogP contribution in [0.2, 0.25) is 0 Å². The van der Waals surface area contributed by atoms with Crippen LogP contribution < -0.4 is 14.8 Å². The number of methoxy groups -OCH3 is 3. The minimum Gasteiger partial charge on any atom is -0.493 e. The zero-order valence-corrected chi connectivity index (χ0v) is 21.8. The van der Waals surface area contributed by atoms with Crippen LogP contribution in [0.3, 0.4) is 0 Å². The Morgan fingerprint density at radius 3 is 2.33 bits per heavy atom. The highest BCUT2D eigenvalue weighted by atomic mass is 32.1. The van der Waals surface area contributed by atoms with E-state index in [1.165, 1.54) is 4.90 Å². The first-order chi connectivity index (χ1) is 17.5. The van der Waals surface area contributed by atoms with Crippen LogP contribution in [-0.2, 0) is 22.5 Å². The Balaban J connectivity index is 1.72. The molecule has 3 amide bonds. The van der Waals surface area contributed by atoms with E-state index in [4.69, 9.17) is 14.2 Å². The Morgan fingerprint density at radius 2 is 1.67 bits per heavy atom. The van der Waals surface area contributed by atoms with Crippen molar-refractivity contribution in [2.45, 2.75) is 13.0 Å². The first kappa shape index (κ1) is 27.0. The number of amides is 3. The van der Waals surface area contributed by atoms with Crippen LogP contribution in [0.15, 0.2) is 66.0 Å². The van der Waals surface area contributed by atoms with Gasteiger partial charge < -0.3 is 29.3 Å². The quantitative estimate of drug-likeness (QED) is 0.365. The van der Waals surface area contributed by atoms with Gasteiger partial charge in [0.25, 0.3) is 0 Å². The van der Waals surface area contributed by atoms with E-state index >= 15 is 0 Å². The summed E-state index contributed by atoms with van der Waals surface area (Å²) in [4.78, 5) is 30.8. The monoisotopic (exact) mass is 511 g/mol. The molecule has 36 heavy (non-hydrogen) atoms. The molecule has 1 aromatic heterocycles. The number of ether oxygens (including phenoxy) is 3. The molecule has 3 aromatic rings. The molecule has 2 aromatic carbocycles. The molecule has 0 aliphatic rings. The fraction of sp³-hybridized carbons (Fsp3) is 0.333. The molecule has 3 rings (SSSR count). The second-order valence-corrected chi connectivity index (χ2v) is 9.08. The molecule has 0 aliphatic heterocycles. The maximum absolute atomic E-state index is 13.5. The van der Waals surface area contributed by atoms with Crippen molar-refractivity contribution in [2.75, 3.05) is 52.9 Å². The summed E-state index contributed by atoms with van der Waals surface area (Å²) in [6, 6.07) is 18.6. The first-order valence-corrected chi connectivity index (χ1v) is 12.5. The molecule has 0 fully saturated rings. The lowest BCUT2D eigenvalue weighted by Crippen LogP contribution is -2.46. The summed E-state index contributed by atoms with van der Waals surface area (Å²) in [7, 11) is 4.77. The summed E-state index contributed by atoms with van der Waals surface area (Å²) >= 11 is 1.60. The molecule has 0 unspecified atom stereocenters. The Bertz CT molecular complexity index is 1090. The lowest BCUT2D eigenvalue weighted by molar-refractivity contribution is -0.132. The number of carbonyl (C=O) groups excluding carboxylic acids is 2. The highest BCUT2D eigenvalue weighted by molar-refractivity contribution is 7.09. The standard InChI is InChI=1S/C27H33N3O5S/c1-33-16-15-30(27(32)28-22-8-5-4-6-9-22)20-26(31)29(19-23-10-7-17-36-23)14-13-21-11-12-24(34-2)25(18-21)35-3/h4-12,17-18H,13-16,19-20H2,1-3H3,(H,28,32). The molecule has 0 atom stereocenters. The summed E-state index contributed by atoms with van der Waals surface area (Å²) in [5.41, 5.74) is 1.69. The maximum atomic E-state index is 13.5. The molecular formula is C27H33N3O5S. The molecule has 0 saturated heterocycles. The number of carbonyl (C=O) groups is 2. The van der Waals surface area contributed by atoms with Crippen molar-refractivity contribution >= 4 is 29.0 Å². The molecule has 192 valence electrons. The van der Waals surface area contributed by atoms with Crippen molar-refractivity contribution in [3.8, 4) is 11.5 Å². The molecule has 1 N–H and O–H groups in total. The normalized spacial score (nSPS) is 10.5. The van der Waals surface area contributed by atoms with Gasteiger partial charge in [-0.15, -0.1) is 11.3 Å². The van der Waals surface area contributed by atoms with E-state index < -0.39 is 0 Å². The van der Waals surface area contributed by atoms with Gasteiger partial charge in [-0.1, -0.05) is 30.3 Å². The van der Waals surface area contributed by atoms with Crippen LogP contribution >= 0.6 is 11.3 Å². The average Bonchev–Trinajstić information content (AvgIpc) is 3.42. The molecule has 8 nitrogen and oxygen atoms in total. The summed E-state index contributed by atoms with van der Waals surface area (Å²) in [6.45, 7) is 1.53. The van der Waals surface area contributed by atoms with Crippen molar-refractivity contribution < 1.29 is 23.8 Å². The molecule has 0 radical (unpaired) electrons. The van der Waals surface area contributed by atoms with Crippen LogP contribution in [0.25, 0.3) is 0 Å². The Morgan fingerprint density at radius 1 is 0.889 bits per heavy atom. The third-order valence-corrected chi connectivity index (χ3v) is 6.46. The molecule has 0 spiro atoms. The average molecular weight is 512 g/mol. The Kier molecular flexibility index (Phi) is 10.6. The van der Waals surface area contributed by atoms with Crippen LogP contribution in [0.1, 0.15) is 10.4 Å². The van der Waals surface area contributed by atoms with Gasteiger partial charge in [-0.05, 0) is 47.7 Å². The number of nitrogens with zero attached hydrogens (tertiary/aromatic N) is 2. The van der Waals surface area contributed by atoms with E-state index in [2.05, 4.69) is 5.32 Å². The molecule has 1 heterocycles. The summed E-state index contributed by atoms with van der Waals surface area (Å²) < 4.78 is 15.9. The van der Waals surface area contributed by atoms with E-state index in [-0.39, 0.29) is 18.5 Å². The summed E-state index contributed by atoms with van der Waals surface area (Å²) in [5, 5.41) is 4.85. The van der Waals surface area contributed by atoms with Crippen LogP contribution in [0.4, 0.5) is 10.5 Å². The lowest BCUT2D eigenvalue weighted by atomic mass is 10.1. The fourth-order valence-corrected chi connectivity index (χ4v) is 4.34. The maximum Gasteiger partial charge on any atom is 0.322 e. The number of rotatable bonds is 13. The first-order valence-electron chi connectivity index (χ1n) is 11.6. The molecule has 9 heteroatoms. The Hall–Kier alpha value is -3.56. The third kappa shape index (κ3) is 8.00. The van der Waals surface area contributed by atoms with Gasteiger partial charge in [-0.25, -0.2) is 4.79 Å². The third-order valence-electron chi connectivity index (χ3n) is 5.60. The van der Waals surface area contributed by atoms with Gasteiger partial charge in [0.2, 0.25) is 5.91 Å². The minimum atomic E-state index is -0.345. The van der Waals surface area contributed by atoms with Crippen LogP contribution in [-0.4, -0.2) is 69.3 Å².